The lowest BCUT2D eigenvalue weighted by atomic mass is 10.3. The second kappa shape index (κ2) is 5.52. The van der Waals surface area contributed by atoms with Crippen LogP contribution in [-0.4, -0.2) is 17.1 Å². The van der Waals surface area contributed by atoms with Gasteiger partial charge in [0.25, 0.3) is 0 Å². The quantitative estimate of drug-likeness (QED) is 0.580. The van der Waals surface area contributed by atoms with Crippen LogP contribution < -0.4 is 21.3 Å². The molecule has 4 N–H and O–H groups in total. The van der Waals surface area contributed by atoms with Gasteiger partial charge in [0, 0.05) is 0 Å². The van der Waals surface area contributed by atoms with Gasteiger partial charge in [-0.2, -0.15) is 0 Å². The van der Waals surface area contributed by atoms with Gasteiger partial charge in [0.2, 0.25) is 5.75 Å². The molecule has 2 rings (SSSR count). The molecule has 0 aliphatic heterocycles. The van der Waals surface area contributed by atoms with E-state index in [9.17, 15) is 0 Å². The first-order valence-corrected chi connectivity index (χ1v) is 5.51. The summed E-state index contributed by atoms with van der Waals surface area (Å²) in [7, 11) is 1.51. The minimum Gasteiger partial charge on any atom is -0.490 e. The number of anilines is 3. The van der Waals surface area contributed by atoms with Crippen molar-refractivity contribution in [1.82, 2.24) is 9.97 Å². The van der Waals surface area contributed by atoms with Crippen LogP contribution >= 0.6 is 11.6 Å². The zero-order chi connectivity index (χ0) is 13.0. The summed E-state index contributed by atoms with van der Waals surface area (Å²) in [5.41, 5.74) is 3.16. The average Bonchev–Trinajstić information content (AvgIpc) is 2.41. The third kappa shape index (κ3) is 2.44. The highest BCUT2D eigenvalue weighted by molar-refractivity contribution is 6.33. The van der Waals surface area contributed by atoms with Crippen molar-refractivity contribution in [3.05, 3.63) is 35.6 Å². The monoisotopic (exact) mass is 265 g/mol. The number of nitrogens with two attached hydrogens (primary N) is 1. The second-order valence-electron chi connectivity index (χ2n) is 3.35. The lowest BCUT2D eigenvalue weighted by Gasteiger charge is -2.13. The van der Waals surface area contributed by atoms with E-state index in [2.05, 4.69) is 20.7 Å². The molecule has 0 amide bonds. The van der Waals surface area contributed by atoms with Crippen molar-refractivity contribution < 1.29 is 4.74 Å². The number of nitrogens with zero attached hydrogens (tertiary/aromatic N) is 2. The third-order valence-corrected chi connectivity index (χ3v) is 2.60. The molecular weight excluding hydrogens is 254 g/mol. The number of rotatable bonds is 4. The molecule has 0 atom stereocenters. The van der Waals surface area contributed by atoms with Crippen molar-refractivity contribution >= 4 is 28.9 Å². The van der Waals surface area contributed by atoms with E-state index < -0.39 is 0 Å². The largest absolute Gasteiger partial charge is 0.490 e. The predicted octanol–water partition coefficient (Wildman–Crippen LogP) is 2.17. The van der Waals surface area contributed by atoms with E-state index >= 15 is 0 Å². The number of benzene rings is 1. The van der Waals surface area contributed by atoms with Gasteiger partial charge in [0.1, 0.15) is 6.33 Å². The minimum atomic E-state index is 0.391. The number of para-hydroxylation sites is 1. The molecule has 0 spiro atoms. The Balaban J connectivity index is 2.37. The summed E-state index contributed by atoms with van der Waals surface area (Å²) < 4.78 is 5.21. The number of ether oxygens (including phenoxy) is 1. The van der Waals surface area contributed by atoms with Crippen molar-refractivity contribution in [2.75, 3.05) is 17.9 Å². The number of hydrogen-bond acceptors (Lipinski definition) is 6. The molecule has 0 radical (unpaired) electrons. The molecule has 0 aliphatic carbocycles. The molecule has 0 unspecified atom stereocenters. The van der Waals surface area contributed by atoms with Gasteiger partial charge in [-0.3, -0.25) is 0 Å². The van der Waals surface area contributed by atoms with Crippen molar-refractivity contribution in [3.8, 4) is 5.75 Å². The SMILES string of the molecule is COc1c(NN)ncnc1Nc1ccccc1Cl. The molecule has 1 aromatic carbocycles. The van der Waals surface area contributed by atoms with E-state index in [4.69, 9.17) is 22.2 Å². The summed E-state index contributed by atoms with van der Waals surface area (Å²) >= 11 is 6.06. The Labute approximate surface area is 109 Å². The molecule has 1 aromatic heterocycles. The smallest absolute Gasteiger partial charge is 0.205 e. The Kier molecular flexibility index (Phi) is 3.81. The van der Waals surface area contributed by atoms with Gasteiger partial charge >= 0.3 is 0 Å². The van der Waals surface area contributed by atoms with Crippen molar-refractivity contribution in [2.45, 2.75) is 0 Å². The van der Waals surface area contributed by atoms with Gasteiger partial charge in [0.05, 0.1) is 17.8 Å². The summed E-state index contributed by atoms with van der Waals surface area (Å²) in [6.07, 6.45) is 1.37. The van der Waals surface area contributed by atoms with Crippen LogP contribution in [0.15, 0.2) is 30.6 Å². The summed E-state index contributed by atoms with van der Waals surface area (Å²) in [6.45, 7) is 0. The summed E-state index contributed by atoms with van der Waals surface area (Å²) in [6, 6.07) is 7.32. The fraction of sp³-hybridized carbons (Fsp3) is 0.0909. The van der Waals surface area contributed by atoms with E-state index in [1.54, 1.807) is 6.07 Å². The van der Waals surface area contributed by atoms with Crippen molar-refractivity contribution in [3.63, 3.8) is 0 Å². The summed E-state index contributed by atoms with van der Waals surface area (Å²) in [5.74, 6) is 6.63. The summed E-state index contributed by atoms with van der Waals surface area (Å²) in [5, 5.41) is 3.65. The highest BCUT2D eigenvalue weighted by Crippen LogP contribution is 2.32. The van der Waals surface area contributed by atoms with Crippen LogP contribution in [0.25, 0.3) is 0 Å². The zero-order valence-electron chi connectivity index (χ0n) is 9.64. The predicted molar refractivity (Wildman–Crippen MR) is 71.1 cm³/mol. The van der Waals surface area contributed by atoms with E-state index in [0.717, 1.165) is 5.69 Å². The maximum absolute atomic E-state index is 6.06. The van der Waals surface area contributed by atoms with E-state index in [1.807, 2.05) is 18.2 Å². The molecule has 18 heavy (non-hydrogen) atoms. The highest BCUT2D eigenvalue weighted by Gasteiger charge is 2.12. The Morgan fingerprint density at radius 2 is 1.94 bits per heavy atom. The fourth-order valence-corrected chi connectivity index (χ4v) is 1.63. The maximum atomic E-state index is 6.06. The van der Waals surface area contributed by atoms with Crippen LogP contribution in [0.4, 0.5) is 17.3 Å². The molecule has 0 bridgehead atoms. The Morgan fingerprint density at radius 3 is 2.61 bits per heavy atom. The fourth-order valence-electron chi connectivity index (χ4n) is 1.45. The number of halogens is 1. The normalized spacial score (nSPS) is 9.94. The molecule has 0 aliphatic rings. The Hall–Kier alpha value is -2.05. The molecule has 6 nitrogen and oxygen atoms in total. The number of nitrogen functional groups attached to an aromatic ring is 1. The number of methoxy groups -OCH3 is 1. The van der Waals surface area contributed by atoms with Crippen LogP contribution in [0.1, 0.15) is 0 Å². The van der Waals surface area contributed by atoms with Crippen LogP contribution in [0.2, 0.25) is 5.02 Å². The molecule has 0 saturated heterocycles. The van der Waals surface area contributed by atoms with E-state index in [0.29, 0.717) is 22.4 Å². The minimum absolute atomic E-state index is 0.391. The molecule has 0 fully saturated rings. The van der Waals surface area contributed by atoms with Crippen molar-refractivity contribution in [1.29, 1.82) is 0 Å². The zero-order valence-corrected chi connectivity index (χ0v) is 10.4. The first kappa shape index (κ1) is 12.4. The van der Waals surface area contributed by atoms with Gasteiger partial charge < -0.3 is 15.5 Å². The Morgan fingerprint density at radius 1 is 1.22 bits per heavy atom. The standard InChI is InChI=1S/C11H12ClN5O/c1-18-9-10(14-6-15-11(9)17-13)16-8-5-3-2-4-7(8)12/h2-6H,13H2,1H3,(H2,14,15,16,17). The molecule has 2 aromatic rings. The third-order valence-electron chi connectivity index (χ3n) is 2.27. The van der Waals surface area contributed by atoms with Crippen LogP contribution in [0.3, 0.4) is 0 Å². The highest BCUT2D eigenvalue weighted by atomic mass is 35.5. The lowest BCUT2D eigenvalue weighted by Crippen LogP contribution is -2.11. The molecule has 94 valence electrons. The number of aromatic nitrogens is 2. The summed E-state index contributed by atoms with van der Waals surface area (Å²) in [4.78, 5) is 8.04. The topological polar surface area (TPSA) is 85.1 Å². The lowest BCUT2D eigenvalue weighted by molar-refractivity contribution is 0.415. The van der Waals surface area contributed by atoms with E-state index in [-0.39, 0.29) is 0 Å². The first-order chi connectivity index (χ1) is 8.76. The number of hydrazine groups is 1. The maximum Gasteiger partial charge on any atom is 0.205 e. The molecular formula is C11H12ClN5O. The second-order valence-corrected chi connectivity index (χ2v) is 3.76. The average molecular weight is 266 g/mol. The molecule has 7 heteroatoms. The van der Waals surface area contributed by atoms with Crippen LogP contribution in [0.5, 0.6) is 5.75 Å². The number of nitrogens with one attached hydrogen (secondary N) is 2. The van der Waals surface area contributed by atoms with E-state index in [1.165, 1.54) is 13.4 Å². The van der Waals surface area contributed by atoms with Crippen molar-refractivity contribution in [2.24, 2.45) is 5.84 Å². The van der Waals surface area contributed by atoms with Crippen LogP contribution in [0, 0.1) is 0 Å². The van der Waals surface area contributed by atoms with Gasteiger partial charge in [-0.05, 0) is 12.1 Å². The van der Waals surface area contributed by atoms with Gasteiger partial charge in [0.15, 0.2) is 11.6 Å². The first-order valence-electron chi connectivity index (χ1n) is 5.13. The van der Waals surface area contributed by atoms with Gasteiger partial charge in [-0.1, -0.05) is 23.7 Å². The van der Waals surface area contributed by atoms with Gasteiger partial charge in [-0.25, -0.2) is 15.8 Å². The van der Waals surface area contributed by atoms with Crippen LogP contribution in [-0.2, 0) is 0 Å². The van der Waals surface area contributed by atoms with Gasteiger partial charge in [-0.15, -0.1) is 0 Å². The molecule has 1 heterocycles. The number of hydrogen-bond donors (Lipinski definition) is 3. The Bertz CT molecular complexity index is 549. The molecule has 0 saturated carbocycles.